The molecular weight excluding hydrogens is 460 g/mol. The molecule has 0 aromatic heterocycles. The Balaban J connectivity index is 1.20. The van der Waals surface area contributed by atoms with Crippen LogP contribution in [-0.2, 0) is 16.1 Å². The average molecular weight is 497 g/mol. The second-order valence-corrected chi connectivity index (χ2v) is 9.52. The van der Waals surface area contributed by atoms with Crippen molar-refractivity contribution in [2.75, 3.05) is 51.2 Å². The van der Waals surface area contributed by atoms with Crippen molar-refractivity contribution >= 4 is 17.5 Å². The molecule has 194 valence electrons. The number of para-hydroxylation sites is 1. The molecule has 2 aliphatic heterocycles. The molecule has 2 fully saturated rings. The number of piperidine rings is 1. The number of hydrogen-bond donors (Lipinski definition) is 3. The second-order valence-electron chi connectivity index (χ2n) is 9.52. The highest BCUT2D eigenvalue weighted by Crippen LogP contribution is 2.19. The summed E-state index contributed by atoms with van der Waals surface area (Å²) in [5.41, 5.74) is 1.90. The molecule has 2 aromatic carbocycles. The summed E-state index contributed by atoms with van der Waals surface area (Å²) in [7, 11) is 2.11. The highest BCUT2D eigenvalue weighted by molar-refractivity contribution is 5.90. The summed E-state index contributed by atoms with van der Waals surface area (Å²) in [6.07, 6.45) is -1.44. The summed E-state index contributed by atoms with van der Waals surface area (Å²) >= 11 is 0. The molecule has 0 radical (unpaired) electrons. The summed E-state index contributed by atoms with van der Waals surface area (Å²) in [5.74, 6) is -0.640. The Bertz CT molecular complexity index is 987. The first-order valence-electron chi connectivity index (χ1n) is 12.6. The molecule has 2 atom stereocenters. The lowest BCUT2D eigenvalue weighted by Crippen LogP contribution is -2.55. The highest BCUT2D eigenvalue weighted by Gasteiger charge is 2.34. The minimum Gasteiger partial charge on any atom is -0.490 e. The first kappa shape index (κ1) is 25.9. The van der Waals surface area contributed by atoms with E-state index in [-0.39, 0.29) is 12.6 Å². The van der Waals surface area contributed by atoms with Crippen LogP contribution in [-0.4, -0.2) is 96.5 Å². The van der Waals surface area contributed by atoms with E-state index in [0.717, 1.165) is 42.9 Å². The maximum absolute atomic E-state index is 12.7. The van der Waals surface area contributed by atoms with Crippen LogP contribution in [0.4, 0.5) is 5.69 Å². The Labute approximate surface area is 212 Å². The lowest BCUT2D eigenvalue weighted by Gasteiger charge is -2.37. The van der Waals surface area contributed by atoms with Gasteiger partial charge >= 0.3 is 0 Å². The first-order valence-corrected chi connectivity index (χ1v) is 12.6. The third kappa shape index (κ3) is 6.75. The molecule has 36 heavy (non-hydrogen) atoms. The van der Waals surface area contributed by atoms with Gasteiger partial charge in [-0.2, -0.15) is 0 Å². The van der Waals surface area contributed by atoms with Gasteiger partial charge in [-0.15, -0.1) is 0 Å². The van der Waals surface area contributed by atoms with Gasteiger partial charge in [0.05, 0.1) is 0 Å². The summed E-state index contributed by atoms with van der Waals surface area (Å²) in [4.78, 5) is 31.0. The van der Waals surface area contributed by atoms with Crippen LogP contribution in [0, 0.1) is 0 Å². The minimum absolute atomic E-state index is 0.168. The number of amides is 2. The van der Waals surface area contributed by atoms with E-state index < -0.39 is 24.0 Å². The van der Waals surface area contributed by atoms with Gasteiger partial charge in [-0.25, -0.2) is 0 Å². The number of anilines is 1. The van der Waals surface area contributed by atoms with Crippen LogP contribution < -0.4 is 15.0 Å². The number of nitrogens with zero attached hydrogens (tertiary/aromatic N) is 3. The normalized spacial score (nSPS) is 19.0. The molecule has 3 N–H and O–H groups in total. The number of piperazine rings is 1. The van der Waals surface area contributed by atoms with Crippen LogP contribution in [0.3, 0.4) is 0 Å². The third-order valence-electron chi connectivity index (χ3n) is 6.89. The molecule has 2 aromatic rings. The maximum atomic E-state index is 12.7. The van der Waals surface area contributed by atoms with E-state index in [4.69, 9.17) is 4.74 Å². The molecule has 2 saturated heterocycles. The molecule has 0 spiro atoms. The van der Waals surface area contributed by atoms with Crippen LogP contribution >= 0.6 is 0 Å². The Morgan fingerprint density at radius 2 is 1.56 bits per heavy atom. The van der Waals surface area contributed by atoms with Crippen molar-refractivity contribution in [2.45, 2.75) is 37.7 Å². The summed E-state index contributed by atoms with van der Waals surface area (Å²) in [5, 5.41) is 23.3. The Kier molecular flexibility index (Phi) is 8.79. The van der Waals surface area contributed by atoms with Gasteiger partial charge in [0.25, 0.3) is 11.8 Å². The fourth-order valence-electron chi connectivity index (χ4n) is 4.56. The molecule has 2 heterocycles. The number of aliphatic hydroxyl groups is 2. The average Bonchev–Trinajstić information content (AvgIpc) is 2.93. The number of carbonyl (C=O) groups is 2. The molecule has 2 aliphatic rings. The van der Waals surface area contributed by atoms with Gasteiger partial charge in [-0.1, -0.05) is 30.3 Å². The third-order valence-corrected chi connectivity index (χ3v) is 6.89. The smallest absolute Gasteiger partial charge is 0.254 e. The van der Waals surface area contributed by atoms with Crippen LogP contribution in [0.5, 0.6) is 5.75 Å². The Hall–Kier alpha value is -3.14. The summed E-state index contributed by atoms with van der Waals surface area (Å²) in [6.45, 7) is 4.26. The molecular formula is C27H36N4O5. The number of nitrogens with one attached hydrogen (secondary N) is 1. The van der Waals surface area contributed by atoms with Crippen molar-refractivity contribution in [1.29, 1.82) is 0 Å². The largest absolute Gasteiger partial charge is 0.490 e. The van der Waals surface area contributed by atoms with Gasteiger partial charge < -0.3 is 35.0 Å². The maximum Gasteiger partial charge on any atom is 0.254 e. The van der Waals surface area contributed by atoms with E-state index >= 15 is 0 Å². The fourth-order valence-corrected chi connectivity index (χ4v) is 4.56. The number of hydrogen-bond acceptors (Lipinski definition) is 7. The van der Waals surface area contributed by atoms with E-state index in [2.05, 4.69) is 22.2 Å². The lowest BCUT2D eigenvalue weighted by molar-refractivity contribution is -0.153. The molecule has 0 bridgehead atoms. The molecule has 0 saturated carbocycles. The van der Waals surface area contributed by atoms with Crippen molar-refractivity contribution in [3.63, 3.8) is 0 Å². The van der Waals surface area contributed by atoms with Crippen LogP contribution in [0.15, 0.2) is 54.6 Å². The quantitative estimate of drug-likeness (QED) is 0.498. The van der Waals surface area contributed by atoms with Gasteiger partial charge in [-0.05, 0) is 49.7 Å². The SMILES string of the molecule is CN1CCC(Oc2ccc(CNC(=O)[C@H](O)[C@@H](O)C(=O)N3CCN(c4ccccc4)CC3)cc2)CC1. The lowest BCUT2D eigenvalue weighted by atomic mass is 10.1. The van der Waals surface area contributed by atoms with Crippen LogP contribution in [0.2, 0.25) is 0 Å². The predicted octanol–water partition coefficient (Wildman–Crippen LogP) is 0.846. The van der Waals surface area contributed by atoms with E-state index in [9.17, 15) is 19.8 Å². The molecule has 0 aliphatic carbocycles. The van der Waals surface area contributed by atoms with E-state index in [1.807, 2.05) is 54.6 Å². The number of aliphatic hydroxyl groups excluding tert-OH is 2. The topological polar surface area (TPSA) is 106 Å². The van der Waals surface area contributed by atoms with E-state index in [1.54, 1.807) is 0 Å². The second kappa shape index (κ2) is 12.2. The highest BCUT2D eigenvalue weighted by atomic mass is 16.5. The zero-order valence-corrected chi connectivity index (χ0v) is 20.8. The van der Waals surface area contributed by atoms with Gasteiger partial charge in [0, 0.05) is 51.5 Å². The van der Waals surface area contributed by atoms with E-state index in [0.29, 0.717) is 26.2 Å². The number of benzene rings is 2. The molecule has 4 rings (SSSR count). The van der Waals surface area contributed by atoms with Crippen LogP contribution in [0.1, 0.15) is 18.4 Å². The molecule has 9 heteroatoms. The molecule has 2 amide bonds. The van der Waals surface area contributed by atoms with Crippen molar-refractivity contribution in [3.8, 4) is 5.75 Å². The molecule has 9 nitrogen and oxygen atoms in total. The van der Waals surface area contributed by atoms with Gasteiger partial charge in [0.1, 0.15) is 11.9 Å². The van der Waals surface area contributed by atoms with Gasteiger partial charge in [0.15, 0.2) is 12.2 Å². The first-order chi connectivity index (χ1) is 17.4. The zero-order chi connectivity index (χ0) is 25.5. The van der Waals surface area contributed by atoms with Gasteiger partial charge in [0.2, 0.25) is 0 Å². The zero-order valence-electron chi connectivity index (χ0n) is 20.8. The Morgan fingerprint density at radius 1 is 0.917 bits per heavy atom. The fraction of sp³-hybridized carbons (Fsp3) is 0.481. The number of likely N-dealkylation sites (tertiary alicyclic amines) is 1. The van der Waals surface area contributed by atoms with E-state index in [1.165, 1.54) is 4.90 Å². The van der Waals surface area contributed by atoms with Crippen molar-refractivity contribution in [2.24, 2.45) is 0 Å². The molecule has 0 unspecified atom stereocenters. The number of ether oxygens (including phenoxy) is 1. The Morgan fingerprint density at radius 3 is 2.19 bits per heavy atom. The van der Waals surface area contributed by atoms with Crippen LogP contribution in [0.25, 0.3) is 0 Å². The van der Waals surface area contributed by atoms with Crippen molar-refractivity contribution in [1.82, 2.24) is 15.1 Å². The number of rotatable bonds is 8. The monoisotopic (exact) mass is 496 g/mol. The standard InChI is InChI=1S/C27H36N4O5/c1-29-13-11-23(12-14-29)36-22-9-7-20(8-10-22)19-28-26(34)24(32)25(33)27(35)31-17-15-30(16-18-31)21-5-3-2-4-6-21/h2-10,23-25,32-33H,11-19H2,1H3,(H,28,34)/t24-,25-/m1/s1. The summed E-state index contributed by atoms with van der Waals surface area (Å²) in [6, 6.07) is 17.3. The van der Waals surface area contributed by atoms with Gasteiger partial charge in [-0.3, -0.25) is 9.59 Å². The van der Waals surface area contributed by atoms with Crippen molar-refractivity contribution in [3.05, 3.63) is 60.2 Å². The predicted molar refractivity (Wildman–Crippen MR) is 137 cm³/mol. The number of carbonyl (C=O) groups excluding carboxylic acids is 2. The van der Waals surface area contributed by atoms with Crippen molar-refractivity contribution < 1.29 is 24.5 Å². The minimum atomic E-state index is -1.84. The summed E-state index contributed by atoms with van der Waals surface area (Å²) < 4.78 is 6.04.